The molecule has 0 spiro atoms. The number of nitrogens with zero attached hydrogens (tertiary/aromatic N) is 1. The van der Waals surface area contributed by atoms with Gasteiger partial charge in [0.2, 0.25) is 0 Å². The predicted octanol–water partition coefficient (Wildman–Crippen LogP) is 1.99. The van der Waals surface area contributed by atoms with Gasteiger partial charge in [-0.2, -0.15) is 0 Å². The lowest BCUT2D eigenvalue weighted by Gasteiger charge is -2.07. The summed E-state index contributed by atoms with van der Waals surface area (Å²) in [7, 11) is 0. The monoisotopic (exact) mass is 206 g/mol. The van der Waals surface area contributed by atoms with Gasteiger partial charge in [0.1, 0.15) is 0 Å². The molecule has 1 aliphatic rings. The maximum absolute atomic E-state index is 10.9. The molecule has 1 aliphatic carbocycles. The quantitative estimate of drug-likeness (QED) is 0.790. The molecule has 0 aliphatic heterocycles. The normalized spacial score (nSPS) is 23.5. The van der Waals surface area contributed by atoms with Crippen LogP contribution in [0, 0.1) is 5.92 Å². The van der Waals surface area contributed by atoms with Crippen LogP contribution in [0.5, 0.6) is 0 Å². The number of pyridine rings is 1. The molecular formula is C11H14N2O2. The van der Waals surface area contributed by atoms with Crippen LogP contribution in [-0.2, 0) is 0 Å². The number of carbonyl (C=O) groups is 1. The van der Waals surface area contributed by atoms with Crippen molar-refractivity contribution in [3.63, 3.8) is 0 Å². The van der Waals surface area contributed by atoms with Crippen molar-refractivity contribution in [2.45, 2.75) is 25.8 Å². The Labute approximate surface area is 88.3 Å². The first-order chi connectivity index (χ1) is 7.22. The van der Waals surface area contributed by atoms with E-state index >= 15 is 0 Å². The summed E-state index contributed by atoms with van der Waals surface area (Å²) in [5.41, 5.74) is 0.928. The van der Waals surface area contributed by atoms with E-state index in [-0.39, 0.29) is 0 Å². The van der Waals surface area contributed by atoms with Crippen LogP contribution < -0.4 is 5.32 Å². The van der Waals surface area contributed by atoms with E-state index in [9.17, 15) is 4.79 Å². The lowest BCUT2D eigenvalue weighted by atomic mass is 10.2. The highest BCUT2D eigenvalue weighted by molar-refractivity contribution is 5.93. The molecule has 0 amide bonds. The van der Waals surface area contributed by atoms with E-state index < -0.39 is 5.97 Å². The average molecular weight is 206 g/mol. The van der Waals surface area contributed by atoms with Crippen molar-refractivity contribution in [1.29, 1.82) is 0 Å². The molecule has 15 heavy (non-hydrogen) atoms. The average Bonchev–Trinajstić information content (AvgIpc) is 2.97. The van der Waals surface area contributed by atoms with Crippen molar-refractivity contribution in [3.05, 3.63) is 24.0 Å². The first-order valence-corrected chi connectivity index (χ1v) is 5.16. The summed E-state index contributed by atoms with van der Waals surface area (Å²) < 4.78 is 0. The maximum Gasteiger partial charge on any atom is 0.337 e. The van der Waals surface area contributed by atoms with E-state index in [1.165, 1.54) is 12.3 Å². The number of aromatic nitrogens is 1. The molecular weight excluding hydrogens is 192 g/mol. The molecule has 2 N–H and O–H groups in total. The molecule has 1 heterocycles. The molecule has 4 heteroatoms. The zero-order chi connectivity index (χ0) is 10.8. The molecule has 1 aromatic heterocycles. The maximum atomic E-state index is 10.9. The van der Waals surface area contributed by atoms with Gasteiger partial charge in [-0.1, -0.05) is 13.3 Å². The zero-order valence-electron chi connectivity index (χ0n) is 8.60. The molecule has 0 radical (unpaired) electrons. The Hall–Kier alpha value is -1.58. The van der Waals surface area contributed by atoms with E-state index in [1.54, 1.807) is 6.20 Å². The van der Waals surface area contributed by atoms with Gasteiger partial charge < -0.3 is 10.4 Å². The van der Waals surface area contributed by atoms with Crippen molar-refractivity contribution >= 4 is 11.7 Å². The van der Waals surface area contributed by atoms with Gasteiger partial charge in [-0.05, 0) is 18.4 Å². The fourth-order valence-corrected chi connectivity index (χ4v) is 1.77. The number of carboxylic acids is 1. The smallest absolute Gasteiger partial charge is 0.337 e. The molecule has 1 saturated carbocycles. The van der Waals surface area contributed by atoms with Crippen LogP contribution in [0.25, 0.3) is 0 Å². The van der Waals surface area contributed by atoms with Gasteiger partial charge in [-0.15, -0.1) is 0 Å². The topological polar surface area (TPSA) is 62.2 Å². The van der Waals surface area contributed by atoms with E-state index in [0.29, 0.717) is 23.2 Å². The van der Waals surface area contributed by atoms with Crippen molar-refractivity contribution in [1.82, 2.24) is 4.98 Å². The fourth-order valence-electron chi connectivity index (χ4n) is 1.77. The molecule has 0 bridgehead atoms. The van der Waals surface area contributed by atoms with Gasteiger partial charge in [0.25, 0.3) is 0 Å². The third-order valence-electron chi connectivity index (χ3n) is 2.84. The van der Waals surface area contributed by atoms with Crippen molar-refractivity contribution in [2.75, 3.05) is 5.32 Å². The number of nitrogens with one attached hydrogen (secondary N) is 1. The third-order valence-corrected chi connectivity index (χ3v) is 2.84. The number of aromatic carboxylic acids is 1. The van der Waals surface area contributed by atoms with Crippen molar-refractivity contribution in [3.8, 4) is 0 Å². The summed E-state index contributed by atoms with van der Waals surface area (Å²) in [6.45, 7) is 2.15. The van der Waals surface area contributed by atoms with Gasteiger partial charge in [-0.25, -0.2) is 4.79 Å². The number of carboxylic acid groups (broad SMARTS) is 1. The minimum Gasteiger partial charge on any atom is -0.478 e. The van der Waals surface area contributed by atoms with Gasteiger partial charge >= 0.3 is 5.97 Å². The Bertz CT molecular complexity index is 379. The van der Waals surface area contributed by atoms with E-state index in [2.05, 4.69) is 17.2 Å². The lowest BCUT2D eigenvalue weighted by Crippen LogP contribution is -2.09. The first-order valence-electron chi connectivity index (χ1n) is 5.16. The Morgan fingerprint density at radius 2 is 2.53 bits per heavy atom. The van der Waals surface area contributed by atoms with Crippen LogP contribution in [0.1, 0.15) is 30.1 Å². The van der Waals surface area contributed by atoms with E-state index in [4.69, 9.17) is 5.11 Å². The minimum atomic E-state index is -0.909. The highest BCUT2D eigenvalue weighted by Crippen LogP contribution is 2.36. The molecule has 2 atom stereocenters. The largest absolute Gasteiger partial charge is 0.478 e. The molecule has 2 unspecified atom stereocenters. The predicted molar refractivity (Wildman–Crippen MR) is 57.0 cm³/mol. The number of anilines is 1. The van der Waals surface area contributed by atoms with Gasteiger partial charge in [0, 0.05) is 12.2 Å². The molecule has 0 aromatic carbocycles. The third kappa shape index (κ3) is 2.09. The summed E-state index contributed by atoms with van der Waals surface area (Å²) in [4.78, 5) is 14.8. The SMILES string of the molecule is CCC1CC1Nc1cnccc1C(=O)O. The molecule has 0 saturated heterocycles. The van der Waals surface area contributed by atoms with Crippen LogP contribution in [-0.4, -0.2) is 22.1 Å². The summed E-state index contributed by atoms with van der Waals surface area (Å²) in [5.74, 6) is -0.222. The molecule has 2 rings (SSSR count). The Morgan fingerprint density at radius 1 is 1.73 bits per heavy atom. The Kier molecular flexibility index (Phi) is 2.58. The number of rotatable bonds is 4. The summed E-state index contributed by atoms with van der Waals surface area (Å²) in [5, 5.41) is 12.2. The van der Waals surface area contributed by atoms with Gasteiger partial charge in [0.15, 0.2) is 0 Å². The van der Waals surface area contributed by atoms with Crippen molar-refractivity contribution in [2.24, 2.45) is 5.92 Å². The first kappa shape index (κ1) is 9.96. The van der Waals surface area contributed by atoms with Crippen LogP contribution in [0.4, 0.5) is 5.69 Å². The molecule has 4 nitrogen and oxygen atoms in total. The van der Waals surface area contributed by atoms with Crippen LogP contribution >= 0.6 is 0 Å². The van der Waals surface area contributed by atoms with E-state index in [1.807, 2.05) is 0 Å². The second-order valence-corrected chi connectivity index (χ2v) is 3.88. The Balaban J connectivity index is 2.11. The number of hydrogen-bond donors (Lipinski definition) is 2. The van der Waals surface area contributed by atoms with E-state index in [0.717, 1.165) is 12.8 Å². The molecule has 1 fully saturated rings. The number of hydrogen-bond acceptors (Lipinski definition) is 3. The molecule has 80 valence electrons. The summed E-state index contributed by atoms with van der Waals surface area (Å²) in [6.07, 6.45) is 5.35. The highest BCUT2D eigenvalue weighted by atomic mass is 16.4. The lowest BCUT2D eigenvalue weighted by molar-refractivity contribution is 0.0698. The highest BCUT2D eigenvalue weighted by Gasteiger charge is 2.35. The zero-order valence-corrected chi connectivity index (χ0v) is 8.60. The van der Waals surface area contributed by atoms with Gasteiger partial charge in [-0.3, -0.25) is 4.98 Å². The fraction of sp³-hybridized carbons (Fsp3) is 0.455. The van der Waals surface area contributed by atoms with Crippen LogP contribution in [0.2, 0.25) is 0 Å². The van der Waals surface area contributed by atoms with Crippen LogP contribution in [0.3, 0.4) is 0 Å². The van der Waals surface area contributed by atoms with Crippen LogP contribution in [0.15, 0.2) is 18.5 Å². The summed E-state index contributed by atoms with van der Waals surface area (Å²) >= 11 is 0. The Morgan fingerprint density at radius 3 is 3.13 bits per heavy atom. The minimum absolute atomic E-state index is 0.298. The molecule has 1 aromatic rings. The van der Waals surface area contributed by atoms with Gasteiger partial charge in [0.05, 0.1) is 17.4 Å². The second kappa shape index (κ2) is 3.88. The standard InChI is InChI=1S/C11H14N2O2/c1-2-7-5-9(7)13-10-6-12-4-3-8(10)11(14)15/h3-4,6-7,9,13H,2,5H2,1H3,(H,14,15). The second-order valence-electron chi connectivity index (χ2n) is 3.88. The van der Waals surface area contributed by atoms with Crippen molar-refractivity contribution < 1.29 is 9.90 Å². The summed E-state index contributed by atoms with van der Waals surface area (Å²) in [6, 6.07) is 1.95.